The number of fused-ring (bicyclic) bond motifs is 2. The van der Waals surface area contributed by atoms with E-state index in [9.17, 15) is 4.79 Å². The second-order valence-corrected chi connectivity index (χ2v) is 6.57. The zero-order valence-corrected chi connectivity index (χ0v) is 14.4. The molecule has 2 aromatic rings. The zero-order chi connectivity index (χ0) is 15.8. The van der Waals surface area contributed by atoms with Crippen LogP contribution in [0.1, 0.15) is 36.0 Å². The molecule has 2 atom stereocenters. The average Bonchev–Trinajstić information content (AvgIpc) is 3.23. The number of amides is 1. The molecule has 1 amide bonds. The summed E-state index contributed by atoms with van der Waals surface area (Å²) in [5, 5.41) is 7.72. The fourth-order valence-corrected chi connectivity index (χ4v) is 3.81. The quantitative estimate of drug-likeness (QED) is 0.923. The number of nitrogens with one attached hydrogen (secondary N) is 1. The Kier molecular flexibility index (Phi) is 4.87. The van der Waals surface area contributed by atoms with Crippen molar-refractivity contribution in [3.8, 4) is 5.69 Å². The Hall–Kier alpha value is -1.92. The van der Waals surface area contributed by atoms with Gasteiger partial charge >= 0.3 is 0 Å². The number of piperidine rings is 1. The fraction of sp³-hybridized carbons (Fsp3) is 0.471. The Labute approximate surface area is 147 Å². The van der Waals surface area contributed by atoms with Crippen LogP contribution in [0.3, 0.4) is 0 Å². The molecule has 24 heavy (non-hydrogen) atoms. The summed E-state index contributed by atoms with van der Waals surface area (Å²) in [6.45, 7) is 0. The summed E-state index contributed by atoms with van der Waals surface area (Å²) in [6, 6.07) is 9.06. The van der Waals surface area contributed by atoms with Crippen LogP contribution in [-0.2, 0) is 0 Å². The molecule has 4 rings (SSSR count). The molecule has 2 unspecified atom stereocenters. The van der Waals surface area contributed by atoms with E-state index in [1.807, 2.05) is 36.2 Å². The molecule has 1 aromatic carbocycles. The number of rotatable bonds is 3. The maximum atomic E-state index is 12.7. The lowest BCUT2D eigenvalue weighted by Crippen LogP contribution is -2.48. The van der Waals surface area contributed by atoms with Gasteiger partial charge in [0.2, 0.25) is 0 Å². The maximum absolute atomic E-state index is 12.7. The van der Waals surface area contributed by atoms with E-state index in [0.29, 0.717) is 18.1 Å². The van der Waals surface area contributed by atoms with E-state index in [-0.39, 0.29) is 18.3 Å². The Balaban J connectivity index is 0.00000169. The summed E-state index contributed by atoms with van der Waals surface area (Å²) in [4.78, 5) is 18.6. The smallest absolute Gasteiger partial charge is 0.253 e. The standard InChI is InChI=1S/C17H21N5O.ClH/c1-21(16-8-13-4-5-14(9-16)20-13)17(23)12-2-6-15(7-3-12)22-11-18-10-19-22;/h2-3,6-7,10-11,13-14,16,20H,4-5,8-9H2,1H3;1H. The first-order chi connectivity index (χ1) is 11.2. The molecule has 2 aliphatic rings. The van der Waals surface area contributed by atoms with E-state index in [0.717, 1.165) is 24.1 Å². The molecule has 2 aliphatic heterocycles. The highest BCUT2D eigenvalue weighted by atomic mass is 35.5. The van der Waals surface area contributed by atoms with E-state index in [1.165, 1.54) is 19.2 Å². The van der Waals surface area contributed by atoms with Crippen molar-refractivity contribution < 1.29 is 4.79 Å². The molecule has 1 N–H and O–H groups in total. The monoisotopic (exact) mass is 347 g/mol. The van der Waals surface area contributed by atoms with Crippen molar-refractivity contribution in [2.45, 2.75) is 43.8 Å². The average molecular weight is 348 g/mol. The Morgan fingerprint density at radius 1 is 1.21 bits per heavy atom. The normalized spacial score (nSPS) is 25.1. The maximum Gasteiger partial charge on any atom is 0.253 e. The number of aromatic nitrogens is 3. The van der Waals surface area contributed by atoms with Gasteiger partial charge in [-0.25, -0.2) is 9.67 Å². The first-order valence-electron chi connectivity index (χ1n) is 8.19. The highest BCUT2D eigenvalue weighted by molar-refractivity contribution is 5.94. The highest BCUT2D eigenvalue weighted by Gasteiger charge is 2.36. The molecule has 6 nitrogen and oxygen atoms in total. The minimum Gasteiger partial charge on any atom is -0.339 e. The van der Waals surface area contributed by atoms with Crippen molar-refractivity contribution in [3.63, 3.8) is 0 Å². The number of benzene rings is 1. The van der Waals surface area contributed by atoms with Gasteiger partial charge in [-0.15, -0.1) is 12.4 Å². The SMILES string of the molecule is CN(C(=O)c1ccc(-n2cncn2)cc1)C1CC2CCC(C1)N2.Cl. The molecule has 0 spiro atoms. The van der Waals surface area contributed by atoms with Gasteiger partial charge in [0.05, 0.1) is 5.69 Å². The number of hydrogen-bond donors (Lipinski definition) is 1. The van der Waals surface area contributed by atoms with Gasteiger partial charge in [-0.05, 0) is 49.9 Å². The van der Waals surface area contributed by atoms with Crippen LogP contribution in [0.4, 0.5) is 0 Å². The van der Waals surface area contributed by atoms with Gasteiger partial charge in [-0.3, -0.25) is 4.79 Å². The Bertz CT molecular complexity index is 676. The first-order valence-corrected chi connectivity index (χ1v) is 8.19. The number of hydrogen-bond acceptors (Lipinski definition) is 4. The van der Waals surface area contributed by atoms with Crippen LogP contribution >= 0.6 is 12.4 Å². The van der Waals surface area contributed by atoms with Crippen LogP contribution in [0.5, 0.6) is 0 Å². The van der Waals surface area contributed by atoms with E-state index in [2.05, 4.69) is 15.4 Å². The van der Waals surface area contributed by atoms with Crippen LogP contribution in [0.15, 0.2) is 36.9 Å². The molecular formula is C17H22ClN5O. The van der Waals surface area contributed by atoms with Crippen LogP contribution in [0.25, 0.3) is 5.69 Å². The minimum absolute atomic E-state index is 0. The van der Waals surface area contributed by atoms with E-state index >= 15 is 0 Å². The second-order valence-electron chi connectivity index (χ2n) is 6.57. The van der Waals surface area contributed by atoms with Crippen LogP contribution in [0.2, 0.25) is 0 Å². The van der Waals surface area contributed by atoms with Gasteiger partial charge < -0.3 is 10.2 Å². The molecule has 0 radical (unpaired) electrons. The Morgan fingerprint density at radius 2 is 1.88 bits per heavy atom. The number of carbonyl (C=O) groups is 1. The molecule has 3 heterocycles. The van der Waals surface area contributed by atoms with Gasteiger partial charge in [0, 0.05) is 30.7 Å². The van der Waals surface area contributed by atoms with Crippen LogP contribution < -0.4 is 5.32 Å². The molecular weight excluding hydrogens is 326 g/mol. The first kappa shape index (κ1) is 16.9. The third-order valence-corrected chi connectivity index (χ3v) is 5.11. The van der Waals surface area contributed by atoms with Crippen LogP contribution in [0, 0.1) is 0 Å². The fourth-order valence-electron chi connectivity index (χ4n) is 3.81. The van der Waals surface area contributed by atoms with Crippen molar-refractivity contribution in [3.05, 3.63) is 42.5 Å². The van der Waals surface area contributed by atoms with E-state index in [4.69, 9.17) is 0 Å². The predicted octanol–water partition coefficient (Wildman–Crippen LogP) is 2.04. The lowest BCUT2D eigenvalue weighted by atomic mass is 9.98. The molecule has 7 heteroatoms. The summed E-state index contributed by atoms with van der Waals surface area (Å²) in [6.07, 6.45) is 7.77. The van der Waals surface area contributed by atoms with Crippen molar-refractivity contribution in [1.29, 1.82) is 0 Å². The summed E-state index contributed by atoms with van der Waals surface area (Å²) >= 11 is 0. The highest BCUT2D eigenvalue weighted by Crippen LogP contribution is 2.29. The summed E-state index contributed by atoms with van der Waals surface area (Å²) < 4.78 is 1.68. The topological polar surface area (TPSA) is 63.1 Å². The van der Waals surface area contributed by atoms with Crippen molar-refractivity contribution >= 4 is 18.3 Å². The molecule has 0 aliphatic carbocycles. The largest absolute Gasteiger partial charge is 0.339 e. The van der Waals surface area contributed by atoms with Crippen molar-refractivity contribution in [1.82, 2.24) is 25.0 Å². The lowest BCUT2D eigenvalue weighted by molar-refractivity contribution is 0.0681. The van der Waals surface area contributed by atoms with Gasteiger partial charge in [0.1, 0.15) is 12.7 Å². The van der Waals surface area contributed by atoms with Gasteiger partial charge in [-0.1, -0.05) is 0 Å². The third kappa shape index (κ3) is 3.16. The number of halogens is 1. The number of nitrogens with zero attached hydrogens (tertiary/aromatic N) is 4. The van der Waals surface area contributed by atoms with E-state index < -0.39 is 0 Å². The third-order valence-electron chi connectivity index (χ3n) is 5.11. The zero-order valence-electron chi connectivity index (χ0n) is 13.6. The van der Waals surface area contributed by atoms with Crippen LogP contribution in [-0.4, -0.2) is 50.7 Å². The van der Waals surface area contributed by atoms with Gasteiger partial charge in [-0.2, -0.15) is 5.10 Å². The molecule has 2 saturated heterocycles. The Morgan fingerprint density at radius 3 is 2.46 bits per heavy atom. The summed E-state index contributed by atoms with van der Waals surface area (Å²) in [5.41, 5.74) is 1.63. The molecule has 2 bridgehead atoms. The van der Waals surface area contributed by atoms with Crippen molar-refractivity contribution in [2.24, 2.45) is 0 Å². The minimum atomic E-state index is 0. The second kappa shape index (κ2) is 6.91. The van der Waals surface area contributed by atoms with Gasteiger partial charge in [0.25, 0.3) is 5.91 Å². The molecule has 1 aromatic heterocycles. The van der Waals surface area contributed by atoms with E-state index in [1.54, 1.807) is 11.0 Å². The van der Waals surface area contributed by atoms with Gasteiger partial charge in [0.15, 0.2) is 0 Å². The number of carbonyl (C=O) groups excluding carboxylic acids is 1. The molecule has 128 valence electrons. The summed E-state index contributed by atoms with van der Waals surface area (Å²) in [7, 11) is 1.93. The lowest BCUT2D eigenvalue weighted by Gasteiger charge is -2.35. The molecule has 2 fully saturated rings. The van der Waals surface area contributed by atoms with Crippen molar-refractivity contribution in [2.75, 3.05) is 7.05 Å². The predicted molar refractivity (Wildman–Crippen MR) is 93.7 cm³/mol. The summed E-state index contributed by atoms with van der Waals surface area (Å²) in [5.74, 6) is 0.0986. The molecule has 0 saturated carbocycles.